The first-order valence-electron chi connectivity index (χ1n) is 9.16. The fraction of sp³-hybridized carbons (Fsp3) is 0.476. The molecule has 1 saturated carbocycles. The molecule has 0 amide bonds. The molecule has 0 aliphatic heterocycles. The largest absolute Gasteiger partial charge is 0.469 e. The molecular weight excluding hydrogens is 412 g/mol. The van der Waals surface area contributed by atoms with Crippen molar-refractivity contribution in [2.45, 2.75) is 35.3 Å². The average molecular weight is 436 g/mol. The fourth-order valence-corrected chi connectivity index (χ4v) is 6.25. The zero-order valence-corrected chi connectivity index (χ0v) is 17.9. The van der Waals surface area contributed by atoms with Crippen molar-refractivity contribution in [1.29, 1.82) is 0 Å². The van der Waals surface area contributed by atoms with Gasteiger partial charge >= 0.3 is 17.9 Å². The van der Waals surface area contributed by atoms with Crippen molar-refractivity contribution in [3.05, 3.63) is 30.3 Å². The number of rotatable bonds is 6. The highest BCUT2D eigenvalue weighted by Crippen LogP contribution is 2.52. The summed E-state index contributed by atoms with van der Waals surface area (Å²) in [6.07, 6.45) is 4.84. The van der Waals surface area contributed by atoms with Crippen LogP contribution in [0.2, 0.25) is 0 Å². The van der Waals surface area contributed by atoms with Crippen molar-refractivity contribution < 1.29 is 37.0 Å². The Morgan fingerprint density at radius 1 is 1.07 bits per heavy atom. The van der Waals surface area contributed by atoms with Crippen molar-refractivity contribution in [2.75, 3.05) is 21.3 Å². The molecule has 1 fully saturated rings. The Balaban J connectivity index is 2.75. The van der Waals surface area contributed by atoms with Gasteiger partial charge in [0.1, 0.15) is 4.75 Å². The summed E-state index contributed by atoms with van der Waals surface area (Å²) in [5.41, 5.74) is -1.91. The molecule has 0 saturated heterocycles. The summed E-state index contributed by atoms with van der Waals surface area (Å²) in [7, 11) is -0.920. The van der Waals surface area contributed by atoms with Crippen molar-refractivity contribution in [1.82, 2.24) is 0 Å². The second-order valence-electron chi connectivity index (χ2n) is 7.11. The van der Waals surface area contributed by atoms with Crippen LogP contribution < -0.4 is 0 Å². The fourth-order valence-electron chi connectivity index (χ4n) is 4.08. The van der Waals surface area contributed by atoms with Gasteiger partial charge in [-0.2, -0.15) is 0 Å². The molecule has 8 nitrogen and oxygen atoms in total. The van der Waals surface area contributed by atoms with Gasteiger partial charge < -0.3 is 14.2 Å². The molecule has 0 heterocycles. The highest BCUT2D eigenvalue weighted by Gasteiger charge is 2.64. The Hall–Kier alpha value is -2.86. The zero-order valence-electron chi connectivity index (χ0n) is 17.0. The van der Waals surface area contributed by atoms with E-state index in [1.165, 1.54) is 31.4 Å². The van der Waals surface area contributed by atoms with E-state index < -0.39 is 50.2 Å². The van der Waals surface area contributed by atoms with Gasteiger partial charge in [-0.1, -0.05) is 24.1 Å². The Bertz CT molecular complexity index is 944. The van der Waals surface area contributed by atoms with Crippen LogP contribution in [0, 0.1) is 23.7 Å². The first-order valence-corrected chi connectivity index (χ1v) is 10.6. The Labute approximate surface area is 175 Å². The van der Waals surface area contributed by atoms with Crippen LogP contribution in [0.3, 0.4) is 0 Å². The molecule has 1 aromatic carbocycles. The molecule has 0 spiro atoms. The van der Waals surface area contributed by atoms with Gasteiger partial charge in [-0.25, -0.2) is 8.42 Å². The van der Waals surface area contributed by atoms with E-state index >= 15 is 0 Å². The molecule has 9 heteroatoms. The van der Waals surface area contributed by atoms with E-state index in [-0.39, 0.29) is 24.2 Å². The predicted octanol–water partition coefficient (Wildman–Crippen LogP) is 1.53. The Morgan fingerprint density at radius 3 is 2.10 bits per heavy atom. The topological polar surface area (TPSA) is 113 Å². The number of carbonyl (C=O) groups is 3. The number of benzene rings is 1. The SMILES string of the molecule is C#CC1(S(=O)(=O)c2ccccc2)CC(C(=O)OC)(C(=O)OC)CCC1CC(=O)OC. The minimum atomic E-state index is -4.29. The minimum Gasteiger partial charge on any atom is -0.469 e. The van der Waals surface area contributed by atoms with Crippen molar-refractivity contribution in [3.63, 3.8) is 0 Å². The lowest BCUT2D eigenvalue weighted by Crippen LogP contribution is -2.57. The zero-order chi connectivity index (χ0) is 22.6. The summed E-state index contributed by atoms with van der Waals surface area (Å²) >= 11 is 0. The molecule has 2 atom stereocenters. The molecular formula is C21H24O8S. The molecule has 0 radical (unpaired) electrons. The Kier molecular flexibility index (Phi) is 6.93. The number of methoxy groups -OCH3 is 3. The summed E-state index contributed by atoms with van der Waals surface area (Å²) in [4.78, 5) is 37.3. The van der Waals surface area contributed by atoms with Gasteiger partial charge in [-0.3, -0.25) is 14.4 Å². The normalized spacial score (nSPS) is 22.9. The van der Waals surface area contributed by atoms with Gasteiger partial charge in [0.15, 0.2) is 15.3 Å². The average Bonchev–Trinajstić information content (AvgIpc) is 2.78. The van der Waals surface area contributed by atoms with E-state index in [1.54, 1.807) is 6.07 Å². The Morgan fingerprint density at radius 2 is 1.63 bits per heavy atom. The molecule has 1 aromatic rings. The third-order valence-corrected chi connectivity index (χ3v) is 8.16. The number of hydrogen-bond donors (Lipinski definition) is 0. The first kappa shape index (κ1) is 23.4. The maximum absolute atomic E-state index is 13.7. The highest BCUT2D eigenvalue weighted by molar-refractivity contribution is 7.93. The molecule has 0 bridgehead atoms. The number of ether oxygens (including phenoxy) is 3. The molecule has 30 heavy (non-hydrogen) atoms. The van der Waals surface area contributed by atoms with Crippen LogP contribution >= 0.6 is 0 Å². The molecule has 2 unspecified atom stereocenters. The minimum absolute atomic E-state index is 0.00440. The maximum Gasteiger partial charge on any atom is 0.323 e. The van der Waals surface area contributed by atoms with E-state index in [0.717, 1.165) is 14.2 Å². The number of esters is 3. The number of hydrogen-bond acceptors (Lipinski definition) is 8. The molecule has 0 N–H and O–H groups in total. The highest BCUT2D eigenvalue weighted by atomic mass is 32.2. The summed E-state index contributed by atoms with van der Waals surface area (Å²) in [6.45, 7) is 0. The van der Waals surface area contributed by atoms with Crippen LogP contribution in [0.25, 0.3) is 0 Å². The number of carbonyl (C=O) groups excluding carboxylic acids is 3. The van der Waals surface area contributed by atoms with Crippen LogP contribution in [0.4, 0.5) is 0 Å². The number of terminal acetylenes is 1. The van der Waals surface area contributed by atoms with Gasteiger partial charge in [0.05, 0.1) is 32.6 Å². The van der Waals surface area contributed by atoms with E-state index in [1.807, 2.05) is 0 Å². The van der Waals surface area contributed by atoms with E-state index in [0.29, 0.717) is 0 Å². The van der Waals surface area contributed by atoms with E-state index in [9.17, 15) is 22.8 Å². The molecule has 1 aliphatic rings. The first-order chi connectivity index (χ1) is 14.1. The lowest BCUT2D eigenvalue weighted by Gasteiger charge is -2.46. The third kappa shape index (κ3) is 3.67. The number of sulfone groups is 1. The second-order valence-corrected chi connectivity index (χ2v) is 9.31. The second kappa shape index (κ2) is 8.88. The van der Waals surface area contributed by atoms with Gasteiger partial charge in [0, 0.05) is 12.3 Å². The van der Waals surface area contributed by atoms with Crippen LogP contribution in [0.1, 0.15) is 25.7 Å². The molecule has 2 rings (SSSR count). The third-order valence-electron chi connectivity index (χ3n) is 5.71. The van der Waals surface area contributed by atoms with E-state index in [4.69, 9.17) is 20.6 Å². The lowest BCUT2D eigenvalue weighted by atomic mass is 9.64. The summed E-state index contributed by atoms with van der Waals surface area (Å²) < 4.78 is 39.8. The monoisotopic (exact) mass is 436 g/mol. The molecule has 162 valence electrons. The van der Waals surface area contributed by atoms with E-state index in [2.05, 4.69) is 5.92 Å². The van der Waals surface area contributed by atoms with Gasteiger partial charge in [-0.15, -0.1) is 6.42 Å². The predicted molar refractivity (Wildman–Crippen MR) is 106 cm³/mol. The van der Waals surface area contributed by atoms with Crippen LogP contribution in [-0.4, -0.2) is 52.4 Å². The van der Waals surface area contributed by atoms with Gasteiger partial charge in [0.2, 0.25) is 0 Å². The molecule has 0 aromatic heterocycles. The van der Waals surface area contributed by atoms with Crippen LogP contribution in [0.15, 0.2) is 35.2 Å². The van der Waals surface area contributed by atoms with Gasteiger partial charge in [0.25, 0.3) is 0 Å². The van der Waals surface area contributed by atoms with Crippen molar-refractivity contribution >= 4 is 27.7 Å². The smallest absolute Gasteiger partial charge is 0.323 e. The summed E-state index contributed by atoms with van der Waals surface area (Å²) in [5, 5.41) is 0. The van der Waals surface area contributed by atoms with Crippen molar-refractivity contribution in [2.24, 2.45) is 11.3 Å². The van der Waals surface area contributed by atoms with Crippen molar-refractivity contribution in [3.8, 4) is 12.3 Å². The van der Waals surface area contributed by atoms with Gasteiger partial charge in [-0.05, 0) is 25.0 Å². The molecule has 1 aliphatic carbocycles. The van der Waals surface area contributed by atoms with Crippen LogP contribution in [0.5, 0.6) is 0 Å². The lowest BCUT2D eigenvalue weighted by molar-refractivity contribution is -0.173. The van der Waals surface area contributed by atoms with Crippen LogP contribution in [-0.2, 0) is 38.4 Å². The summed E-state index contributed by atoms with van der Waals surface area (Å²) in [5.74, 6) is -1.07. The quantitative estimate of drug-likeness (QED) is 0.286. The summed E-state index contributed by atoms with van der Waals surface area (Å²) in [6, 6.07) is 7.44. The standard InChI is InChI=1S/C21H24O8S/c1-5-21(30(25,26)16-9-7-6-8-10-16)14-20(18(23)28-3,19(24)29-4)12-11-15(21)13-17(22)27-2/h1,6-10,15H,11-14H2,2-4H3. The maximum atomic E-state index is 13.7.